The Balaban J connectivity index is -0.0000000200. The summed E-state index contributed by atoms with van der Waals surface area (Å²) in [7, 11) is 3.75. The van der Waals surface area contributed by atoms with Gasteiger partial charge in [-0.15, -0.1) is 0 Å². The number of nitrogens with one attached hydrogen (secondary N) is 1. The van der Waals surface area contributed by atoms with Crippen LogP contribution in [0.15, 0.2) is 0 Å². The highest BCUT2D eigenvalue weighted by atomic mass is 16.0. The number of hydrogen-bond donors (Lipinski definition) is 1. The molecule has 0 radical (unpaired) electrons. The van der Waals surface area contributed by atoms with Crippen LogP contribution in [0.3, 0.4) is 0 Å². The molecule has 0 aromatic heterocycles. The summed E-state index contributed by atoms with van der Waals surface area (Å²) in [5, 5.41) is 2.75. The summed E-state index contributed by atoms with van der Waals surface area (Å²) >= 11 is 0. The standard InChI is InChI=1S/C2H7N.2H2O/c1-3-2;;/h3H,1-2H3;2*1H2. The largest absolute Gasteiger partial charge is 0.412 e. The van der Waals surface area contributed by atoms with Gasteiger partial charge in [-0.1, -0.05) is 0 Å². The van der Waals surface area contributed by atoms with Crippen LogP contribution >= 0.6 is 0 Å². The lowest BCUT2D eigenvalue weighted by Gasteiger charge is -1.59. The van der Waals surface area contributed by atoms with Crippen molar-refractivity contribution in [3.05, 3.63) is 0 Å². The van der Waals surface area contributed by atoms with E-state index in [0.29, 0.717) is 0 Å². The van der Waals surface area contributed by atoms with Crippen LogP contribution in [0.25, 0.3) is 0 Å². The molecule has 0 saturated carbocycles. The molecule has 0 unspecified atom stereocenters. The van der Waals surface area contributed by atoms with Gasteiger partial charge >= 0.3 is 0 Å². The van der Waals surface area contributed by atoms with E-state index in [9.17, 15) is 0 Å². The highest BCUT2D eigenvalue weighted by molar-refractivity contribution is 3.91. The molecule has 0 spiro atoms. The van der Waals surface area contributed by atoms with Gasteiger partial charge in [0.2, 0.25) is 0 Å². The summed E-state index contributed by atoms with van der Waals surface area (Å²) in [4.78, 5) is 0. The van der Waals surface area contributed by atoms with Crippen LogP contribution in [-0.4, -0.2) is 25.0 Å². The molecule has 5 heavy (non-hydrogen) atoms. The molecule has 3 nitrogen and oxygen atoms in total. The number of rotatable bonds is 0. The molecule has 0 aromatic rings. The zero-order chi connectivity index (χ0) is 2.71. The Morgan fingerprint density at radius 1 is 1.00 bits per heavy atom. The maximum Gasteiger partial charge on any atom is -0.0167 e. The first kappa shape index (κ1) is 20.8. The number of hydrogen-bond acceptors (Lipinski definition) is 1. The molecule has 0 fully saturated rings. The molecule has 0 aromatic carbocycles. The fraction of sp³-hybridized carbons (Fsp3) is 1.00. The van der Waals surface area contributed by atoms with Crippen LogP contribution < -0.4 is 5.32 Å². The summed E-state index contributed by atoms with van der Waals surface area (Å²) in [6.07, 6.45) is 0. The smallest absolute Gasteiger partial charge is 0.0167 e. The lowest BCUT2D eigenvalue weighted by atomic mass is 11.3. The quantitative estimate of drug-likeness (QED) is 0.366. The fourth-order valence-electron chi connectivity index (χ4n) is 0. The highest BCUT2D eigenvalue weighted by Gasteiger charge is 1.25. The second kappa shape index (κ2) is 41.6. The van der Waals surface area contributed by atoms with E-state index in [0.717, 1.165) is 0 Å². The molecule has 0 heterocycles. The van der Waals surface area contributed by atoms with Crippen LogP contribution in [0.1, 0.15) is 0 Å². The molecule has 3 heteroatoms. The molecule has 0 rings (SSSR count). The fourth-order valence-corrected chi connectivity index (χ4v) is 0. The zero-order valence-corrected chi connectivity index (χ0v) is 3.50. The van der Waals surface area contributed by atoms with Gasteiger partial charge in [0.15, 0.2) is 0 Å². The Morgan fingerprint density at radius 3 is 1.00 bits per heavy atom. The summed E-state index contributed by atoms with van der Waals surface area (Å²) in [5.41, 5.74) is 0. The lowest BCUT2D eigenvalue weighted by molar-refractivity contribution is 0.823. The molecule has 0 saturated heterocycles. The van der Waals surface area contributed by atoms with Crippen LogP contribution in [0.4, 0.5) is 0 Å². The van der Waals surface area contributed by atoms with Gasteiger partial charge in [0.05, 0.1) is 0 Å². The third-order valence-electron chi connectivity index (χ3n) is 0. The first-order valence-corrected chi connectivity index (χ1v) is 1.00. The molecule has 0 amide bonds. The summed E-state index contributed by atoms with van der Waals surface area (Å²) < 4.78 is 0. The second-order valence-electron chi connectivity index (χ2n) is 0.500. The van der Waals surface area contributed by atoms with Crippen LogP contribution in [0, 0.1) is 0 Å². The monoisotopic (exact) mass is 81.1 g/mol. The van der Waals surface area contributed by atoms with E-state index in [1.54, 1.807) is 0 Å². The van der Waals surface area contributed by atoms with Crippen molar-refractivity contribution in [3.63, 3.8) is 0 Å². The van der Waals surface area contributed by atoms with Crippen molar-refractivity contribution in [2.24, 2.45) is 0 Å². The molecular formula is C2H11NO2. The van der Waals surface area contributed by atoms with E-state index in [1.807, 2.05) is 14.1 Å². The minimum Gasteiger partial charge on any atom is -0.412 e. The van der Waals surface area contributed by atoms with Gasteiger partial charge < -0.3 is 16.3 Å². The third-order valence-corrected chi connectivity index (χ3v) is 0. The minimum absolute atomic E-state index is 0. The average molecular weight is 81.1 g/mol. The predicted molar refractivity (Wildman–Crippen MR) is 22.2 cm³/mol. The van der Waals surface area contributed by atoms with Crippen molar-refractivity contribution in [3.8, 4) is 0 Å². The molecule has 5 N–H and O–H groups in total. The topological polar surface area (TPSA) is 75.0 Å². The van der Waals surface area contributed by atoms with Gasteiger partial charge in [-0.05, 0) is 14.1 Å². The molecule has 0 aliphatic carbocycles. The van der Waals surface area contributed by atoms with Crippen molar-refractivity contribution in [2.45, 2.75) is 0 Å². The summed E-state index contributed by atoms with van der Waals surface area (Å²) in [6.45, 7) is 0. The SMILES string of the molecule is CNC.O.O. The van der Waals surface area contributed by atoms with Gasteiger partial charge in [-0.3, -0.25) is 0 Å². The zero-order valence-electron chi connectivity index (χ0n) is 3.50. The van der Waals surface area contributed by atoms with E-state index in [4.69, 9.17) is 0 Å². The van der Waals surface area contributed by atoms with E-state index in [1.165, 1.54) is 0 Å². The highest BCUT2D eigenvalue weighted by Crippen LogP contribution is 0.981. The molecule has 0 atom stereocenters. The Morgan fingerprint density at radius 2 is 1.00 bits per heavy atom. The maximum atomic E-state index is 2.75. The van der Waals surface area contributed by atoms with Crippen molar-refractivity contribution in [1.29, 1.82) is 0 Å². The molecular weight excluding hydrogens is 70.0 g/mol. The molecule has 0 aliphatic heterocycles. The van der Waals surface area contributed by atoms with Crippen LogP contribution in [-0.2, 0) is 0 Å². The van der Waals surface area contributed by atoms with Crippen molar-refractivity contribution in [2.75, 3.05) is 14.1 Å². The van der Waals surface area contributed by atoms with Crippen molar-refractivity contribution < 1.29 is 11.0 Å². The van der Waals surface area contributed by atoms with Crippen LogP contribution in [0.2, 0.25) is 0 Å². The van der Waals surface area contributed by atoms with Gasteiger partial charge in [0.25, 0.3) is 0 Å². The lowest BCUT2D eigenvalue weighted by Crippen LogP contribution is -1.89. The molecule has 36 valence electrons. The van der Waals surface area contributed by atoms with Gasteiger partial charge in [-0.2, -0.15) is 0 Å². The predicted octanol–water partition coefficient (Wildman–Crippen LogP) is -1.81. The van der Waals surface area contributed by atoms with Crippen LogP contribution in [0.5, 0.6) is 0 Å². The Hall–Kier alpha value is -0.120. The van der Waals surface area contributed by atoms with Crippen molar-refractivity contribution >= 4 is 0 Å². The van der Waals surface area contributed by atoms with Gasteiger partial charge in [-0.25, -0.2) is 0 Å². The molecule has 0 bridgehead atoms. The minimum atomic E-state index is 0. The normalized spacial score (nSPS) is 3.60. The van der Waals surface area contributed by atoms with Gasteiger partial charge in [0, 0.05) is 0 Å². The van der Waals surface area contributed by atoms with E-state index >= 15 is 0 Å². The van der Waals surface area contributed by atoms with E-state index in [-0.39, 0.29) is 11.0 Å². The summed E-state index contributed by atoms with van der Waals surface area (Å²) in [6, 6.07) is 0. The Labute approximate surface area is 31.6 Å². The summed E-state index contributed by atoms with van der Waals surface area (Å²) in [5.74, 6) is 0. The average Bonchev–Trinajstić information content (AvgIpc) is 0.918. The Bertz CT molecular complexity index is 7.61. The first-order valence-electron chi connectivity index (χ1n) is 1.00. The first-order chi connectivity index (χ1) is 1.41. The molecule has 0 aliphatic rings. The van der Waals surface area contributed by atoms with Gasteiger partial charge in [0.1, 0.15) is 0 Å². The maximum absolute atomic E-state index is 2.75. The van der Waals surface area contributed by atoms with E-state index in [2.05, 4.69) is 5.32 Å². The van der Waals surface area contributed by atoms with Crippen molar-refractivity contribution in [1.82, 2.24) is 5.32 Å². The van der Waals surface area contributed by atoms with E-state index < -0.39 is 0 Å². The Kier molecular flexibility index (Phi) is 173. The third kappa shape index (κ3) is 952. The second-order valence-corrected chi connectivity index (χ2v) is 0.500.